The summed E-state index contributed by atoms with van der Waals surface area (Å²) in [4.78, 5) is 18.6. The minimum absolute atomic E-state index is 0.0354. The molecule has 0 saturated heterocycles. The molecule has 3 rings (SSSR count). The topological polar surface area (TPSA) is 119 Å². The van der Waals surface area contributed by atoms with Gasteiger partial charge >= 0.3 is 0 Å². The van der Waals surface area contributed by atoms with Crippen molar-refractivity contribution in [3.8, 4) is 11.4 Å². The molecule has 1 heterocycles. The molecule has 0 spiro atoms. The lowest BCUT2D eigenvalue weighted by molar-refractivity contribution is -0.131. The lowest BCUT2D eigenvalue weighted by Gasteiger charge is -2.25. The van der Waals surface area contributed by atoms with E-state index in [-0.39, 0.29) is 23.3 Å². The molecule has 0 fully saturated rings. The number of hydrogen-bond acceptors (Lipinski definition) is 6. The van der Waals surface area contributed by atoms with E-state index in [0.29, 0.717) is 18.1 Å². The lowest BCUT2D eigenvalue weighted by atomic mass is 10.1. The summed E-state index contributed by atoms with van der Waals surface area (Å²) in [7, 11) is -2.04. The molecule has 1 aromatic heterocycles. The molecule has 0 aliphatic heterocycles. The summed E-state index contributed by atoms with van der Waals surface area (Å²) < 4.78 is 28.0. The first-order valence-electron chi connectivity index (χ1n) is 9.43. The van der Waals surface area contributed by atoms with Gasteiger partial charge < -0.3 is 9.42 Å². The number of aryl methyl sites for hydroxylation is 2. The van der Waals surface area contributed by atoms with Gasteiger partial charge in [-0.05, 0) is 31.5 Å². The van der Waals surface area contributed by atoms with Crippen molar-refractivity contribution < 1.29 is 17.7 Å². The quantitative estimate of drug-likeness (QED) is 0.618. The van der Waals surface area contributed by atoms with E-state index in [4.69, 9.17) is 9.66 Å². The zero-order valence-electron chi connectivity index (χ0n) is 17.1. The molecule has 158 valence electrons. The number of nitrogens with zero attached hydrogens (tertiary/aromatic N) is 3. The highest BCUT2D eigenvalue weighted by atomic mass is 32.2. The van der Waals surface area contributed by atoms with Crippen molar-refractivity contribution in [1.82, 2.24) is 15.0 Å². The van der Waals surface area contributed by atoms with E-state index in [1.165, 1.54) is 12.1 Å². The maximum absolute atomic E-state index is 12.6. The van der Waals surface area contributed by atoms with Gasteiger partial charge in [-0.25, -0.2) is 13.6 Å². The molecule has 0 bridgehead atoms. The molecule has 8 nitrogen and oxygen atoms in total. The highest BCUT2D eigenvalue weighted by Gasteiger charge is 2.19. The van der Waals surface area contributed by atoms with Gasteiger partial charge in [0.05, 0.1) is 10.9 Å². The number of benzene rings is 2. The molecule has 2 aromatic carbocycles. The van der Waals surface area contributed by atoms with E-state index in [0.717, 1.165) is 16.7 Å². The van der Waals surface area contributed by atoms with Gasteiger partial charge in [-0.15, -0.1) is 0 Å². The number of amides is 1. The van der Waals surface area contributed by atoms with Crippen LogP contribution in [0.15, 0.2) is 57.9 Å². The van der Waals surface area contributed by atoms with Gasteiger partial charge in [0.25, 0.3) is 0 Å². The maximum Gasteiger partial charge on any atom is 0.238 e. The van der Waals surface area contributed by atoms with Crippen molar-refractivity contribution >= 4 is 15.9 Å². The number of hydrogen-bond donors (Lipinski definition) is 1. The Morgan fingerprint density at radius 2 is 1.77 bits per heavy atom. The fourth-order valence-corrected chi connectivity index (χ4v) is 3.46. The largest absolute Gasteiger partial charge is 0.339 e. The summed E-state index contributed by atoms with van der Waals surface area (Å²) in [6.07, 6.45) is 0.546. The van der Waals surface area contributed by atoms with Crippen LogP contribution in [0.5, 0.6) is 0 Å². The highest BCUT2D eigenvalue weighted by Crippen LogP contribution is 2.22. The number of carbonyl (C=O) groups excluding carboxylic acids is 1. The van der Waals surface area contributed by atoms with Crippen LogP contribution in [0.3, 0.4) is 0 Å². The van der Waals surface area contributed by atoms with Crippen molar-refractivity contribution in [3.05, 3.63) is 65.5 Å². The molecular formula is C21H24N4O4S. The SMILES string of the molecule is Cc1ccc(-c2noc(CCC(=O)N(C)[C@@H](C)c3ccc(S(N)(=O)=O)cc3)n2)cc1. The summed E-state index contributed by atoms with van der Waals surface area (Å²) in [6.45, 7) is 3.87. The van der Waals surface area contributed by atoms with Gasteiger partial charge in [0.2, 0.25) is 27.6 Å². The fraction of sp³-hybridized carbons (Fsp3) is 0.286. The number of carbonyl (C=O) groups is 1. The summed E-state index contributed by atoms with van der Waals surface area (Å²) >= 11 is 0. The Hall–Kier alpha value is -3.04. The summed E-state index contributed by atoms with van der Waals surface area (Å²) in [5.41, 5.74) is 2.80. The van der Waals surface area contributed by atoms with Crippen LogP contribution < -0.4 is 5.14 Å². The van der Waals surface area contributed by atoms with Crippen LogP contribution in [0.2, 0.25) is 0 Å². The van der Waals surface area contributed by atoms with E-state index in [9.17, 15) is 13.2 Å². The van der Waals surface area contributed by atoms with Crippen molar-refractivity contribution in [2.24, 2.45) is 5.14 Å². The number of rotatable bonds is 7. The standard InChI is InChI=1S/C21H24N4O4S/c1-14-4-6-17(7-5-14)21-23-19(29-24-21)12-13-20(26)25(3)15(2)16-8-10-18(11-9-16)30(22,27)28/h4-11,15H,12-13H2,1-3H3,(H2,22,27,28)/t15-/m0/s1. The van der Waals surface area contributed by atoms with Crippen LogP contribution in [0.25, 0.3) is 11.4 Å². The summed E-state index contributed by atoms with van der Waals surface area (Å²) in [5.74, 6) is 0.805. The first kappa shape index (κ1) is 21.7. The van der Waals surface area contributed by atoms with E-state index in [1.807, 2.05) is 38.1 Å². The van der Waals surface area contributed by atoms with E-state index < -0.39 is 10.0 Å². The summed E-state index contributed by atoms with van der Waals surface area (Å²) in [6, 6.07) is 13.7. The van der Waals surface area contributed by atoms with Crippen LogP contribution in [-0.4, -0.2) is 36.4 Å². The third-order valence-electron chi connectivity index (χ3n) is 5.00. The van der Waals surface area contributed by atoms with Crippen LogP contribution >= 0.6 is 0 Å². The first-order valence-corrected chi connectivity index (χ1v) is 11.0. The van der Waals surface area contributed by atoms with Gasteiger partial charge in [-0.1, -0.05) is 47.1 Å². The third kappa shape index (κ3) is 5.11. The molecule has 2 N–H and O–H groups in total. The molecule has 1 atom stereocenters. The Kier molecular flexibility index (Phi) is 6.33. The second kappa shape index (κ2) is 8.76. The minimum Gasteiger partial charge on any atom is -0.339 e. The summed E-state index contributed by atoms with van der Waals surface area (Å²) in [5, 5.41) is 9.10. The van der Waals surface area contributed by atoms with Gasteiger partial charge in [0.15, 0.2) is 0 Å². The average Bonchev–Trinajstić information content (AvgIpc) is 3.20. The normalized spacial score (nSPS) is 12.5. The molecular weight excluding hydrogens is 404 g/mol. The monoisotopic (exact) mass is 428 g/mol. The van der Waals surface area contributed by atoms with Crippen LogP contribution in [-0.2, 0) is 21.2 Å². The van der Waals surface area contributed by atoms with Gasteiger partial charge in [-0.3, -0.25) is 4.79 Å². The number of primary sulfonamides is 1. The van der Waals surface area contributed by atoms with Crippen LogP contribution in [0.4, 0.5) is 0 Å². The van der Waals surface area contributed by atoms with Crippen molar-refractivity contribution in [3.63, 3.8) is 0 Å². The van der Waals surface area contributed by atoms with E-state index in [1.54, 1.807) is 24.1 Å². The predicted octanol–water partition coefficient (Wildman–Crippen LogP) is 2.84. The van der Waals surface area contributed by atoms with Crippen molar-refractivity contribution in [1.29, 1.82) is 0 Å². The first-order chi connectivity index (χ1) is 14.1. The van der Waals surface area contributed by atoms with Gasteiger partial charge in [0, 0.05) is 25.5 Å². The lowest BCUT2D eigenvalue weighted by Crippen LogP contribution is -2.29. The third-order valence-corrected chi connectivity index (χ3v) is 5.93. The molecule has 0 saturated carbocycles. The maximum atomic E-state index is 12.6. The van der Waals surface area contributed by atoms with Gasteiger partial charge in [0.1, 0.15) is 0 Å². The molecule has 0 radical (unpaired) electrons. The molecule has 0 aliphatic rings. The molecule has 9 heteroatoms. The smallest absolute Gasteiger partial charge is 0.238 e. The Morgan fingerprint density at radius 1 is 1.13 bits per heavy atom. The Labute approximate surface area is 175 Å². The zero-order chi connectivity index (χ0) is 21.9. The Balaban J connectivity index is 1.60. The number of aromatic nitrogens is 2. The van der Waals surface area contributed by atoms with Crippen LogP contribution in [0, 0.1) is 6.92 Å². The molecule has 30 heavy (non-hydrogen) atoms. The van der Waals surface area contributed by atoms with Crippen molar-refractivity contribution in [2.75, 3.05) is 7.05 Å². The number of sulfonamides is 1. The molecule has 3 aromatic rings. The molecule has 0 aliphatic carbocycles. The molecule has 1 amide bonds. The van der Waals surface area contributed by atoms with E-state index in [2.05, 4.69) is 10.1 Å². The van der Waals surface area contributed by atoms with Crippen LogP contribution in [0.1, 0.15) is 36.4 Å². The number of nitrogens with two attached hydrogens (primary N) is 1. The Bertz CT molecular complexity index is 1120. The second-order valence-corrected chi connectivity index (χ2v) is 8.73. The highest BCUT2D eigenvalue weighted by molar-refractivity contribution is 7.89. The van der Waals surface area contributed by atoms with E-state index >= 15 is 0 Å². The second-order valence-electron chi connectivity index (χ2n) is 7.17. The Morgan fingerprint density at radius 3 is 2.37 bits per heavy atom. The van der Waals surface area contributed by atoms with Gasteiger partial charge in [-0.2, -0.15) is 4.98 Å². The fourth-order valence-electron chi connectivity index (χ4n) is 2.94. The van der Waals surface area contributed by atoms with Crippen molar-refractivity contribution in [2.45, 2.75) is 37.6 Å². The molecule has 0 unspecified atom stereocenters. The minimum atomic E-state index is -3.75. The zero-order valence-corrected chi connectivity index (χ0v) is 17.9. The average molecular weight is 429 g/mol. The predicted molar refractivity (Wildman–Crippen MR) is 112 cm³/mol.